The van der Waals surface area contributed by atoms with E-state index in [4.69, 9.17) is 5.11 Å². The molecule has 0 saturated carbocycles. The van der Waals surface area contributed by atoms with Crippen LogP contribution in [0.3, 0.4) is 0 Å². The SMILES string of the molecule is CC(C)(O)c1ccc2nc(C(=O)O)ccc2c1. The highest BCUT2D eigenvalue weighted by Crippen LogP contribution is 2.23. The number of hydrogen-bond donors (Lipinski definition) is 2. The lowest BCUT2D eigenvalue weighted by atomic mass is 9.97. The molecule has 0 saturated heterocycles. The number of aliphatic hydroxyl groups is 1. The van der Waals surface area contributed by atoms with E-state index in [2.05, 4.69) is 4.98 Å². The maximum atomic E-state index is 10.8. The first-order valence-corrected chi connectivity index (χ1v) is 5.25. The number of rotatable bonds is 2. The third-order valence-corrected chi connectivity index (χ3v) is 2.61. The molecular formula is C13H13NO3. The maximum absolute atomic E-state index is 10.8. The van der Waals surface area contributed by atoms with Crippen LogP contribution in [0, 0.1) is 0 Å². The number of pyridine rings is 1. The smallest absolute Gasteiger partial charge is 0.354 e. The Morgan fingerprint density at radius 2 is 1.94 bits per heavy atom. The van der Waals surface area contributed by atoms with Crippen molar-refractivity contribution in [3.63, 3.8) is 0 Å². The van der Waals surface area contributed by atoms with E-state index in [1.165, 1.54) is 6.07 Å². The molecule has 2 N–H and O–H groups in total. The Kier molecular flexibility index (Phi) is 2.59. The molecule has 0 spiro atoms. The highest BCUT2D eigenvalue weighted by atomic mass is 16.4. The highest BCUT2D eigenvalue weighted by molar-refractivity contribution is 5.89. The number of aromatic carboxylic acids is 1. The molecule has 1 aromatic carbocycles. The molecule has 0 fully saturated rings. The summed E-state index contributed by atoms with van der Waals surface area (Å²) in [5.41, 5.74) is 0.487. The first-order valence-electron chi connectivity index (χ1n) is 5.25. The van der Waals surface area contributed by atoms with Crippen LogP contribution >= 0.6 is 0 Å². The van der Waals surface area contributed by atoms with Gasteiger partial charge in [-0.2, -0.15) is 0 Å². The van der Waals surface area contributed by atoms with E-state index in [0.29, 0.717) is 5.52 Å². The van der Waals surface area contributed by atoms with E-state index in [1.807, 2.05) is 6.07 Å². The third kappa shape index (κ3) is 2.26. The van der Waals surface area contributed by atoms with Gasteiger partial charge in [-0.3, -0.25) is 0 Å². The zero-order valence-electron chi connectivity index (χ0n) is 9.64. The predicted molar refractivity (Wildman–Crippen MR) is 63.9 cm³/mol. The molecule has 2 rings (SSSR count). The van der Waals surface area contributed by atoms with Crippen molar-refractivity contribution in [2.45, 2.75) is 19.4 Å². The number of carbonyl (C=O) groups is 1. The zero-order chi connectivity index (χ0) is 12.6. The fraction of sp³-hybridized carbons (Fsp3) is 0.231. The molecule has 1 aromatic heterocycles. The Morgan fingerprint density at radius 1 is 1.24 bits per heavy atom. The van der Waals surface area contributed by atoms with Gasteiger partial charge in [0.05, 0.1) is 11.1 Å². The Morgan fingerprint density at radius 3 is 2.53 bits per heavy atom. The lowest BCUT2D eigenvalue weighted by Crippen LogP contribution is -2.15. The standard InChI is InChI=1S/C13H13NO3/c1-13(2,17)9-4-6-10-8(7-9)3-5-11(14-10)12(15)16/h3-7,17H,1-2H3,(H,15,16). The number of aromatic nitrogens is 1. The number of benzene rings is 1. The Balaban J connectivity index is 2.58. The second-order valence-corrected chi connectivity index (χ2v) is 4.47. The molecule has 0 unspecified atom stereocenters. The summed E-state index contributed by atoms with van der Waals surface area (Å²) in [4.78, 5) is 14.8. The van der Waals surface area contributed by atoms with Gasteiger partial charge in [-0.15, -0.1) is 0 Å². The molecule has 0 radical (unpaired) electrons. The van der Waals surface area contributed by atoms with Crippen LogP contribution in [0.15, 0.2) is 30.3 Å². The molecular weight excluding hydrogens is 218 g/mol. The van der Waals surface area contributed by atoms with E-state index in [9.17, 15) is 9.90 Å². The number of carboxylic acids is 1. The van der Waals surface area contributed by atoms with Gasteiger partial charge in [0, 0.05) is 5.39 Å². The van der Waals surface area contributed by atoms with Crippen molar-refractivity contribution < 1.29 is 15.0 Å². The monoisotopic (exact) mass is 231 g/mol. The summed E-state index contributed by atoms with van der Waals surface area (Å²) in [6.07, 6.45) is 0. The molecule has 4 heteroatoms. The van der Waals surface area contributed by atoms with Gasteiger partial charge in [0.25, 0.3) is 0 Å². The van der Waals surface area contributed by atoms with Crippen LogP contribution in [0.5, 0.6) is 0 Å². The first-order chi connectivity index (χ1) is 7.88. The van der Waals surface area contributed by atoms with Gasteiger partial charge in [-0.05, 0) is 37.6 Å². The number of hydrogen-bond acceptors (Lipinski definition) is 3. The van der Waals surface area contributed by atoms with Gasteiger partial charge in [0.1, 0.15) is 5.69 Å². The van der Waals surface area contributed by atoms with Gasteiger partial charge in [0.15, 0.2) is 0 Å². The topological polar surface area (TPSA) is 70.4 Å². The average Bonchev–Trinajstić information content (AvgIpc) is 2.26. The summed E-state index contributed by atoms with van der Waals surface area (Å²) >= 11 is 0. The summed E-state index contributed by atoms with van der Waals surface area (Å²) in [6, 6.07) is 8.43. The maximum Gasteiger partial charge on any atom is 0.354 e. The number of carboxylic acid groups (broad SMARTS) is 1. The molecule has 0 aliphatic carbocycles. The molecule has 0 bridgehead atoms. The normalized spacial score (nSPS) is 11.7. The number of nitrogens with zero attached hydrogens (tertiary/aromatic N) is 1. The Bertz CT molecular complexity index is 585. The molecule has 1 heterocycles. The molecule has 2 aromatic rings. The lowest BCUT2D eigenvalue weighted by Gasteiger charge is -2.18. The zero-order valence-corrected chi connectivity index (χ0v) is 9.64. The van der Waals surface area contributed by atoms with Gasteiger partial charge < -0.3 is 10.2 Å². The van der Waals surface area contributed by atoms with Crippen LogP contribution in [-0.2, 0) is 5.60 Å². The van der Waals surface area contributed by atoms with Crippen LogP contribution in [0.2, 0.25) is 0 Å². The molecule has 4 nitrogen and oxygen atoms in total. The van der Waals surface area contributed by atoms with Crippen LogP contribution in [-0.4, -0.2) is 21.2 Å². The second kappa shape index (κ2) is 3.82. The summed E-state index contributed by atoms with van der Waals surface area (Å²) < 4.78 is 0. The van der Waals surface area contributed by atoms with Crippen LogP contribution < -0.4 is 0 Å². The van der Waals surface area contributed by atoms with Crippen molar-refractivity contribution in [2.24, 2.45) is 0 Å². The first kappa shape index (κ1) is 11.5. The Hall–Kier alpha value is -1.94. The number of fused-ring (bicyclic) bond motifs is 1. The summed E-state index contributed by atoms with van der Waals surface area (Å²) in [5.74, 6) is -1.04. The molecule has 0 atom stereocenters. The van der Waals surface area contributed by atoms with E-state index >= 15 is 0 Å². The molecule has 0 amide bonds. The van der Waals surface area contributed by atoms with E-state index in [1.54, 1.807) is 32.0 Å². The summed E-state index contributed by atoms with van der Waals surface area (Å²) in [6.45, 7) is 3.40. The quantitative estimate of drug-likeness (QED) is 0.830. The summed E-state index contributed by atoms with van der Waals surface area (Å²) in [5, 5.41) is 19.5. The largest absolute Gasteiger partial charge is 0.477 e. The van der Waals surface area contributed by atoms with Crippen LogP contribution in [0.4, 0.5) is 0 Å². The predicted octanol–water partition coefficient (Wildman–Crippen LogP) is 2.16. The van der Waals surface area contributed by atoms with Gasteiger partial charge in [0.2, 0.25) is 0 Å². The van der Waals surface area contributed by atoms with E-state index in [-0.39, 0.29) is 5.69 Å². The lowest BCUT2D eigenvalue weighted by molar-refractivity contribution is 0.0690. The minimum atomic E-state index is -1.04. The average molecular weight is 231 g/mol. The molecule has 0 aliphatic rings. The van der Waals surface area contributed by atoms with Crippen molar-refractivity contribution in [3.05, 3.63) is 41.6 Å². The summed E-state index contributed by atoms with van der Waals surface area (Å²) in [7, 11) is 0. The third-order valence-electron chi connectivity index (χ3n) is 2.61. The van der Waals surface area contributed by atoms with Gasteiger partial charge in [-0.25, -0.2) is 9.78 Å². The van der Waals surface area contributed by atoms with Crippen molar-refractivity contribution in [1.82, 2.24) is 4.98 Å². The fourth-order valence-electron chi connectivity index (χ4n) is 1.63. The molecule has 0 aliphatic heterocycles. The van der Waals surface area contributed by atoms with Crippen molar-refractivity contribution in [2.75, 3.05) is 0 Å². The minimum Gasteiger partial charge on any atom is -0.477 e. The van der Waals surface area contributed by atoms with Crippen molar-refractivity contribution in [1.29, 1.82) is 0 Å². The van der Waals surface area contributed by atoms with Gasteiger partial charge in [-0.1, -0.05) is 12.1 Å². The van der Waals surface area contributed by atoms with Crippen LogP contribution in [0.1, 0.15) is 29.9 Å². The second-order valence-electron chi connectivity index (χ2n) is 4.47. The van der Waals surface area contributed by atoms with Crippen molar-refractivity contribution in [3.8, 4) is 0 Å². The molecule has 17 heavy (non-hydrogen) atoms. The van der Waals surface area contributed by atoms with E-state index in [0.717, 1.165) is 10.9 Å². The van der Waals surface area contributed by atoms with E-state index < -0.39 is 11.6 Å². The van der Waals surface area contributed by atoms with Crippen molar-refractivity contribution >= 4 is 16.9 Å². The highest BCUT2D eigenvalue weighted by Gasteiger charge is 2.16. The van der Waals surface area contributed by atoms with Crippen LogP contribution in [0.25, 0.3) is 10.9 Å². The van der Waals surface area contributed by atoms with Gasteiger partial charge >= 0.3 is 5.97 Å². The molecule has 88 valence electrons. The fourth-order valence-corrected chi connectivity index (χ4v) is 1.63. The Labute approximate surface area is 98.5 Å². The minimum absolute atomic E-state index is 0.0218.